The number of piperazine rings is 1. The van der Waals surface area contributed by atoms with Crippen molar-refractivity contribution in [3.8, 4) is 0 Å². The van der Waals surface area contributed by atoms with Gasteiger partial charge in [0.05, 0.1) is 6.54 Å². The standard InChI is InChI=1S/C12H21N5O/c1-16-7-6-14-11(16)2-3-15-12(18)10-17-8-4-13-5-9-17/h6-7,13H,2-5,8-10H2,1H3,(H,15,18). The Morgan fingerprint density at radius 1 is 1.50 bits per heavy atom. The number of hydrogen-bond acceptors (Lipinski definition) is 4. The lowest BCUT2D eigenvalue weighted by molar-refractivity contribution is -0.122. The van der Waals surface area contributed by atoms with E-state index >= 15 is 0 Å². The number of carbonyl (C=O) groups excluding carboxylic acids is 1. The zero-order valence-corrected chi connectivity index (χ0v) is 10.9. The van der Waals surface area contributed by atoms with E-state index in [1.54, 1.807) is 6.20 Å². The van der Waals surface area contributed by atoms with Crippen LogP contribution in [-0.2, 0) is 18.3 Å². The molecule has 1 aromatic heterocycles. The summed E-state index contributed by atoms with van der Waals surface area (Å²) in [5, 5.41) is 6.21. The number of amides is 1. The zero-order chi connectivity index (χ0) is 12.8. The smallest absolute Gasteiger partial charge is 0.234 e. The molecule has 0 bridgehead atoms. The number of rotatable bonds is 5. The number of carbonyl (C=O) groups is 1. The first-order valence-electron chi connectivity index (χ1n) is 6.41. The summed E-state index contributed by atoms with van der Waals surface area (Å²) >= 11 is 0. The lowest BCUT2D eigenvalue weighted by Crippen LogP contribution is -2.47. The first-order chi connectivity index (χ1) is 8.75. The van der Waals surface area contributed by atoms with Gasteiger partial charge < -0.3 is 15.2 Å². The van der Waals surface area contributed by atoms with Crippen LogP contribution in [0.3, 0.4) is 0 Å². The van der Waals surface area contributed by atoms with Crippen LogP contribution in [0.2, 0.25) is 0 Å². The van der Waals surface area contributed by atoms with Gasteiger partial charge in [0, 0.05) is 58.6 Å². The molecule has 2 heterocycles. The van der Waals surface area contributed by atoms with Crippen LogP contribution in [0.1, 0.15) is 5.82 Å². The molecule has 1 amide bonds. The third-order valence-corrected chi connectivity index (χ3v) is 3.17. The summed E-state index contributed by atoms with van der Waals surface area (Å²) in [5.74, 6) is 1.10. The highest BCUT2D eigenvalue weighted by molar-refractivity contribution is 5.78. The molecule has 0 saturated carbocycles. The molecule has 0 aliphatic carbocycles. The summed E-state index contributed by atoms with van der Waals surface area (Å²) in [5.41, 5.74) is 0. The number of aryl methyl sites for hydroxylation is 1. The molecule has 0 unspecified atom stereocenters. The number of aromatic nitrogens is 2. The second kappa shape index (κ2) is 6.51. The van der Waals surface area contributed by atoms with Crippen molar-refractivity contribution in [1.82, 2.24) is 25.1 Å². The third-order valence-electron chi connectivity index (χ3n) is 3.17. The minimum absolute atomic E-state index is 0.103. The summed E-state index contributed by atoms with van der Waals surface area (Å²) in [4.78, 5) is 18.1. The first-order valence-corrected chi connectivity index (χ1v) is 6.41. The molecule has 1 aliphatic rings. The predicted molar refractivity (Wildman–Crippen MR) is 69.2 cm³/mol. The molecule has 1 aromatic rings. The topological polar surface area (TPSA) is 62.2 Å². The molecule has 1 aliphatic heterocycles. The molecule has 18 heavy (non-hydrogen) atoms. The fraction of sp³-hybridized carbons (Fsp3) is 0.667. The molecule has 1 saturated heterocycles. The second-order valence-corrected chi connectivity index (χ2v) is 4.58. The Hall–Kier alpha value is -1.40. The number of imidazole rings is 1. The molecular formula is C12H21N5O. The number of nitrogens with one attached hydrogen (secondary N) is 2. The van der Waals surface area contributed by atoms with Crippen LogP contribution in [0.25, 0.3) is 0 Å². The van der Waals surface area contributed by atoms with Crippen molar-refractivity contribution in [3.05, 3.63) is 18.2 Å². The van der Waals surface area contributed by atoms with Crippen molar-refractivity contribution in [3.63, 3.8) is 0 Å². The van der Waals surface area contributed by atoms with Crippen LogP contribution in [0.15, 0.2) is 12.4 Å². The van der Waals surface area contributed by atoms with E-state index in [1.807, 2.05) is 17.8 Å². The van der Waals surface area contributed by atoms with E-state index in [2.05, 4.69) is 20.5 Å². The van der Waals surface area contributed by atoms with Crippen LogP contribution in [0, 0.1) is 0 Å². The van der Waals surface area contributed by atoms with Gasteiger partial charge >= 0.3 is 0 Å². The minimum Gasteiger partial charge on any atom is -0.355 e. The number of nitrogens with zero attached hydrogens (tertiary/aromatic N) is 3. The first kappa shape index (κ1) is 13.0. The highest BCUT2D eigenvalue weighted by Gasteiger charge is 2.12. The molecular weight excluding hydrogens is 230 g/mol. The normalized spacial score (nSPS) is 16.7. The van der Waals surface area contributed by atoms with Gasteiger partial charge in [-0.3, -0.25) is 9.69 Å². The maximum atomic E-state index is 11.7. The Labute approximate surface area is 107 Å². The Balaban J connectivity index is 1.64. The van der Waals surface area contributed by atoms with E-state index in [9.17, 15) is 4.79 Å². The Kier molecular flexibility index (Phi) is 4.72. The molecule has 2 N–H and O–H groups in total. The van der Waals surface area contributed by atoms with Gasteiger partial charge in [0.1, 0.15) is 5.82 Å². The van der Waals surface area contributed by atoms with Crippen LogP contribution >= 0.6 is 0 Å². The highest BCUT2D eigenvalue weighted by atomic mass is 16.2. The van der Waals surface area contributed by atoms with E-state index in [1.165, 1.54) is 0 Å². The molecule has 0 spiro atoms. The van der Waals surface area contributed by atoms with E-state index in [4.69, 9.17) is 0 Å². The molecule has 0 atom stereocenters. The van der Waals surface area contributed by atoms with Crippen molar-refractivity contribution < 1.29 is 4.79 Å². The summed E-state index contributed by atoms with van der Waals surface area (Å²) in [7, 11) is 1.96. The fourth-order valence-electron chi connectivity index (χ4n) is 2.08. The molecule has 6 nitrogen and oxygen atoms in total. The lowest BCUT2D eigenvalue weighted by Gasteiger charge is -2.26. The summed E-state index contributed by atoms with van der Waals surface area (Å²) in [6, 6.07) is 0. The lowest BCUT2D eigenvalue weighted by atomic mass is 10.3. The molecule has 0 aromatic carbocycles. The van der Waals surface area contributed by atoms with E-state index in [-0.39, 0.29) is 5.91 Å². The average Bonchev–Trinajstić information content (AvgIpc) is 2.76. The molecule has 100 valence electrons. The van der Waals surface area contributed by atoms with Gasteiger partial charge in [0.2, 0.25) is 5.91 Å². The molecule has 6 heteroatoms. The number of hydrogen-bond donors (Lipinski definition) is 2. The van der Waals surface area contributed by atoms with Gasteiger partial charge in [-0.25, -0.2) is 4.98 Å². The van der Waals surface area contributed by atoms with Crippen LogP contribution in [0.5, 0.6) is 0 Å². The average molecular weight is 251 g/mol. The highest BCUT2D eigenvalue weighted by Crippen LogP contribution is 1.94. The van der Waals surface area contributed by atoms with Gasteiger partial charge in [-0.05, 0) is 0 Å². The van der Waals surface area contributed by atoms with E-state index < -0.39 is 0 Å². The maximum Gasteiger partial charge on any atom is 0.234 e. The molecule has 1 fully saturated rings. The largest absolute Gasteiger partial charge is 0.355 e. The summed E-state index contributed by atoms with van der Waals surface area (Å²) in [6.07, 6.45) is 4.46. The predicted octanol–water partition coefficient (Wildman–Crippen LogP) is -1.02. The van der Waals surface area contributed by atoms with Crippen molar-refractivity contribution in [2.45, 2.75) is 6.42 Å². The fourth-order valence-corrected chi connectivity index (χ4v) is 2.08. The van der Waals surface area contributed by atoms with Gasteiger partial charge in [0.25, 0.3) is 0 Å². The monoisotopic (exact) mass is 251 g/mol. The van der Waals surface area contributed by atoms with Crippen molar-refractivity contribution in [2.24, 2.45) is 7.05 Å². The van der Waals surface area contributed by atoms with Gasteiger partial charge in [-0.15, -0.1) is 0 Å². The van der Waals surface area contributed by atoms with Crippen LogP contribution in [0.4, 0.5) is 0 Å². The zero-order valence-electron chi connectivity index (χ0n) is 10.9. The van der Waals surface area contributed by atoms with E-state index in [0.29, 0.717) is 13.1 Å². The third kappa shape index (κ3) is 3.82. The SMILES string of the molecule is Cn1ccnc1CCNC(=O)CN1CCNCC1. The second-order valence-electron chi connectivity index (χ2n) is 4.58. The van der Waals surface area contributed by atoms with Crippen LogP contribution < -0.4 is 10.6 Å². The summed E-state index contributed by atoms with van der Waals surface area (Å²) < 4.78 is 1.97. The van der Waals surface area contributed by atoms with Crippen molar-refractivity contribution in [2.75, 3.05) is 39.3 Å². The molecule has 0 radical (unpaired) electrons. The summed E-state index contributed by atoms with van der Waals surface area (Å²) in [6.45, 7) is 5.00. The van der Waals surface area contributed by atoms with E-state index in [0.717, 1.165) is 38.4 Å². The Morgan fingerprint density at radius 3 is 2.94 bits per heavy atom. The maximum absolute atomic E-state index is 11.7. The van der Waals surface area contributed by atoms with Crippen molar-refractivity contribution in [1.29, 1.82) is 0 Å². The van der Waals surface area contributed by atoms with Gasteiger partial charge in [0.15, 0.2) is 0 Å². The Morgan fingerprint density at radius 2 is 2.28 bits per heavy atom. The molecule has 2 rings (SSSR count). The Bertz CT molecular complexity index is 384. The van der Waals surface area contributed by atoms with Gasteiger partial charge in [-0.1, -0.05) is 0 Å². The van der Waals surface area contributed by atoms with Crippen molar-refractivity contribution >= 4 is 5.91 Å². The quantitative estimate of drug-likeness (QED) is 0.703. The van der Waals surface area contributed by atoms with Gasteiger partial charge in [-0.2, -0.15) is 0 Å². The van der Waals surface area contributed by atoms with Crippen LogP contribution in [-0.4, -0.2) is 59.6 Å². The minimum atomic E-state index is 0.103.